The zero-order valence-electron chi connectivity index (χ0n) is 20.3. The van der Waals surface area contributed by atoms with Crippen LogP contribution >= 0.6 is 11.3 Å². The van der Waals surface area contributed by atoms with E-state index in [-0.39, 0.29) is 10.8 Å². The lowest BCUT2D eigenvalue weighted by atomic mass is 9.93. The normalized spacial score (nSPS) is 12.8. The molecule has 1 unspecified atom stereocenters. The van der Waals surface area contributed by atoms with Crippen LogP contribution in [0.2, 0.25) is 0 Å². The highest BCUT2D eigenvalue weighted by Gasteiger charge is 2.14. The summed E-state index contributed by atoms with van der Waals surface area (Å²) in [7, 11) is -3.28. The Morgan fingerprint density at radius 2 is 1.81 bits per heavy atom. The molecule has 0 saturated heterocycles. The zero-order chi connectivity index (χ0) is 26.0. The fourth-order valence-electron chi connectivity index (χ4n) is 4.23. The third kappa shape index (κ3) is 5.21. The van der Waals surface area contributed by atoms with E-state index in [1.807, 2.05) is 60.8 Å². The van der Waals surface area contributed by atoms with Crippen molar-refractivity contribution in [1.29, 1.82) is 5.26 Å². The summed E-state index contributed by atoms with van der Waals surface area (Å²) in [5, 5.41) is 13.3. The molecule has 182 valence electrons. The number of hydrogen-bond donors (Lipinski definition) is 0. The number of sulfone groups is 1. The molecule has 3 aromatic carbocycles. The Morgan fingerprint density at radius 3 is 2.51 bits per heavy atom. The SMILES string of the molecule is CC(C#N)c1cc(-c2cccc(/C=C(/c3ccc(S(C)(=O)=O)cc3)c3nccs3)c2)c2ncccc2c1. The smallest absolute Gasteiger partial charge is 0.175 e. The van der Waals surface area contributed by atoms with Crippen molar-refractivity contribution in [2.75, 3.05) is 6.26 Å². The molecular weight excluding hydrogens is 498 g/mol. The number of nitriles is 1. The summed E-state index contributed by atoms with van der Waals surface area (Å²) in [6.07, 6.45) is 6.81. The highest BCUT2D eigenvalue weighted by molar-refractivity contribution is 7.90. The van der Waals surface area contributed by atoms with E-state index in [0.29, 0.717) is 0 Å². The van der Waals surface area contributed by atoms with Gasteiger partial charge in [-0.1, -0.05) is 36.4 Å². The summed E-state index contributed by atoms with van der Waals surface area (Å²) in [6, 6.07) is 25.4. The molecule has 1 atom stereocenters. The maximum atomic E-state index is 11.9. The molecule has 0 fully saturated rings. The average Bonchev–Trinajstić information content (AvgIpc) is 3.45. The molecule has 0 aliphatic carbocycles. The van der Waals surface area contributed by atoms with Gasteiger partial charge in [0.25, 0.3) is 0 Å². The Bertz CT molecular complexity index is 1770. The zero-order valence-corrected chi connectivity index (χ0v) is 21.9. The van der Waals surface area contributed by atoms with Gasteiger partial charge in [0, 0.05) is 40.6 Å². The van der Waals surface area contributed by atoms with Gasteiger partial charge in [-0.15, -0.1) is 11.3 Å². The molecule has 2 heterocycles. The topological polar surface area (TPSA) is 83.7 Å². The number of aromatic nitrogens is 2. The Morgan fingerprint density at radius 1 is 1.00 bits per heavy atom. The Kier molecular flexibility index (Phi) is 6.70. The number of nitrogens with zero attached hydrogens (tertiary/aromatic N) is 3. The summed E-state index contributed by atoms with van der Waals surface area (Å²) < 4.78 is 23.9. The number of benzene rings is 3. The molecule has 5 aromatic rings. The van der Waals surface area contributed by atoms with Gasteiger partial charge in [-0.2, -0.15) is 5.26 Å². The van der Waals surface area contributed by atoms with Crippen molar-refractivity contribution in [3.63, 3.8) is 0 Å². The Balaban J connectivity index is 1.64. The maximum Gasteiger partial charge on any atom is 0.175 e. The molecule has 37 heavy (non-hydrogen) atoms. The molecule has 0 aliphatic rings. The van der Waals surface area contributed by atoms with Crippen LogP contribution in [0.5, 0.6) is 0 Å². The van der Waals surface area contributed by atoms with Crippen LogP contribution in [0.4, 0.5) is 0 Å². The number of fused-ring (bicyclic) bond motifs is 1. The largest absolute Gasteiger partial charge is 0.256 e. The molecule has 0 radical (unpaired) electrons. The van der Waals surface area contributed by atoms with Crippen molar-refractivity contribution in [3.05, 3.63) is 112 Å². The maximum absolute atomic E-state index is 11.9. The second kappa shape index (κ2) is 10.1. The van der Waals surface area contributed by atoms with E-state index in [0.717, 1.165) is 49.3 Å². The van der Waals surface area contributed by atoms with Gasteiger partial charge < -0.3 is 0 Å². The van der Waals surface area contributed by atoms with Crippen LogP contribution < -0.4 is 0 Å². The monoisotopic (exact) mass is 521 g/mol. The molecule has 0 spiro atoms. The van der Waals surface area contributed by atoms with Crippen molar-refractivity contribution in [2.24, 2.45) is 0 Å². The van der Waals surface area contributed by atoms with Crippen molar-refractivity contribution in [3.8, 4) is 17.2 Å². The first-order valence-electron chi connectivity index (χ1n) is 11.6. The van der Waals surface area contributed by atoms with Gasteiger partial charge in [-0.05, 0) is 71.7 Å². The summed E-state index contributed by atoms with van der Waals surface area (Å²) >= 11 is 1.53. The molecule has 0 bridgehead atoms. The van der Waals surface area contributed by atoms with Crippen LogP contribution in [-0.4, -0.2) is 24.6 Å². The van der Waals surface area contributed by atoms with Gasteiger partial charge in [-0.25, -0.2) is 13.4 Å². The summed E-state index contributed by atoms with van der Waals surface area (Å²) in [5.41, 5.74) is 6.56. The molecule has 5 rings (SSSR count). The van der Waals surface area contributed by atoms with Crippen LogP contribution in [0.3, 0.4) is 0 Å². The van der Waals surface area contributed by atoms with Crippen molar-refractivity contribution >= 4 is 43.7 Å². The summed E-state index contributed by atoms with van der Waals surface area (Å²) in [4.78, 5) is 9.43. The minimum atomic E-state index is -3.28. The number of rotatable bonds is 6. The van der Waals surface area contributed by atoms with Gasteiger partial charge in [0.15, 0.2) is 9.84 Å². The quantitative estimate of drug-likeness (QED) is 0.225. The van der Waals surface area contributed by atoms with E-state index in [9.17, 15) is 13.7 Å². The van der Waals surface area contributed by atoms with Crippen LogP contribution in [0.25, 0.3) is 33.7 Å². The first-order chi connectivity index (χ1) is 17.8. The third-order valence-corrected chi connectivity index (χ3v) is 8.12. The minimum Gasteiger partial charge on any atom is -0.256 e. The van der Waals surface area contributed by atoms with Crippen LogP contribution in [0, 0.1) is 11.3 Å². The van der Waals surface area contributed by atoms with Crippen molar-refractivity contribution in [1.82, 2.24) is 9.97 Å². The van der Waals surface area contributed by atoms with Gasteiger partial charge in [0.1, 0.15) is 5.01 Å². The van der Waals surface area contributed by atoms with E-state index in [4.69, 9.17) is 0 Å². The molecule has 0 aliphatic heterocycles. The number of pyridine rings is 1. The van der Waals surface area contributed by atoms with Gasteiger partial charge in [-0.3, -0.25) is 4.98 Å². The molecule has 7 heteroatoms. The first-order valence-corrected chi connectivity index (χ1v) is 14.4. The predicted octanol–water partition coefficient (Wildman–Crippen LogP) is 6.98. The molecule has 0 N–H and O–H groups in total. The lowest BCUT2D eigenvalue weighted by molar-refractivity contribution is 0.602. The van der Waals surface area contributed by atoms with Crippen LogP contribution in [-0.2, 0) is 9.84 Å². The van der Waals surface area contributed by atoms with Gasteiger partial charge in [0.2, 0.25) is 0 Å². The summed E-state index contributed by atoms with van der Waals surface area (Å²) in [6.45, 7) is 1.90. The van der Waals surface area contributed by atoms with E-state index in [1.165, 1.54) is 17.6 Å². The number of hydrogen-bond acceptors (Lipinski definition) is 6. The van der Waals surface area contributed by atoms with E-state index in [1.54, 1.807) is 24.5 Å². The average molecular weight is 522 g/mol. The standard InChI is InChI=1S/C30H23N3O2S2/c1-20(19-31)25-17-24-7-4-12-32-29(24)27(18-25)23-6-3-5-21(15-23)16-28(30-33-13-14-36-30)22-8-10-26(11-9-22)37(2,34)35/h3-18,20H,1-2H3/b28-16-. The third-order valence-electron chi connectivity index (χ3n) is 6.19. The fraction of sp³-hybridized carbons (Fsp3) is 0.100. The molecule has 0 amide bonds. The second-order valence-corrected chi connectivity index (χ2v) is 11.7. The van der Waals surface area contributed by atoms with E-state index < -0.39 is 9.84 Å². The van der Waals surface area contributed by atoms with Crippen LogP contribution in [0.1, 0.15) is 34.5 Å². The fourth-order valence-corrected chi connectivity index (χ4v) is 5.54. The predicted molar refractivity (Wildman–Crippen MR) is 150 cm³/mol. The molecule has 0 saturated carbocycles. The Labute approximate surface area is 220 Å². The first kappa shape index (κ1) is 24.6. The van der Waals surface area contributed by atoms with Crippen molar-refractivity contribution < 1.29 is 8.42 Å². The highest BCUT2D eigenvalue weighted by Crippen LogP contribution is 2.34. The van der Waals surface area contributed by atoms with Gasteiger partial charge >= 0.3 is 0 Å². The van der Waals surface area contributed by atoms with E-state index >= 15 is 0 Å². The van der Waals surface area contributed by atoms with Gasteiger partial charge in [0.05, 0.1) is 22.4 Å². The lowest BCUT2D eigenvalue weighted by Gasteiger charge is -2.12. The highest BCUT2D eigenvalue weighted by atomic mass is 32.2. The second-order valence-electron chi connectivity index (χ2n) is 8.81. The molecule has 2 aromatic heterocycles. The summed E-state index contributed by atoms with van der Waals surface area (Å²) in [5.74, 6) is -0.238. The van der Waals surface area contributed by atoms with Crippen molar-refractivity contribution in [2.45, 2.75) is 17.7 Å². The lowest BCUT2D eigenvalue weighted by Crippen LogP contribution is -1.97. The minimum absolute atomic E-state index is 0.238. The van der Waals surface area contributed by atoms with E-state index in [2.05, 4.69) is 34.2 Å². The molecular formula is C30H23N3O2S2. The molecule has 5 nitrogen and oxygen atoms in total. The number of thiazole rings is 1. The Hall–Kier alpha value is -4.12. The van der Waals surface area contributed by atoms with Crippen LogP contribution in [0.15, 0.2) is 95.5 Å².